The van der Waals surface area contributed by atoms with Crippen molar-refractivity contribution in [1.29, 1.82) is 0 Å². The Labute approximate surface area is 247 Å². The highest BCUT2D eigenvalue weighted by Crippen LogP contribution is 2.39. The van der Waals surface area contributed by atoms with Crippen LogP contribution in [-0.4, -0.2) is 33.4 Å². The van der Waals surface area contributed by atoms with Crippen LogP contribution in [0.5, 0.6) is 11.5 Å². The number of rotatable bonds is 9. The maximum Gasteiger partial charge on any atom is 0.387 e. The summed E-state index contributed by atoms with van der Waals surface area (Å²) in [6.07, 6.45) is 0. The van der Waals surface area contributed by atoms with Crippen molar-refractivity contribution in [3.05, 3.63) is 82.9 Å². The van der Waals surface area contributed by atoms with Gasteiger partial charge in [-0.3, -0.25) is 0 Å². The van der Waals surface area contributed by atoms with E-state index in [-0.39, 0.29) is 45.6 Å². The first kappa shape index (κ1) is 29.1. The molecule has 8 nitrogen and oxygen atoms in total. The number of benzene rings is 4. The highest BCUT2D eigenvalue weighted by atomic mass is 19.3. The van der Waals surface area contributed by atoms with Crippen molar-refractivity contribution in [3.8, 4) is 45.5 Å². The number of nitrogens with zero attached hydrogens (tertiary/aromatic N) is 2. The predicted molar refractivity (Wildman–Crippen MR) is 152 cm³/mol. The number of oxazole rings is 2. The van der Waals surface area contributed by atoms with Crippen molar-refractivity contribution in [2.45, 2.75) is 40.3 Å². The minimum Gasteiger partial charge on any atom is -0.436 e. The fourth-order valence-corrected chi connectivity index (χ4v) is 5.20. The molecular formula is C32H24F4N2O6. The van der Waals surface area contributed by atoms with Gasteiger partial charge in [0.2, 0.25) is 11.8 Å². The number of fused-ring (bicyclic) bond motifs is 2. The van der Waals surface area contributed by atoms with Crippen LogP contribution in [-0.2, 0) is 13.2 Å². The number of aliphatic hydroxyl groups excluding tert-OH is 2. The fraction of sp³-hybridized carbons (Fsp3) is 0.188. The number of ether oxygens (including phenoxy) is 2. The Balaban J connectivity index is 1.40. The Morgan fingerprint density at radius 3 is 1.39 bits per heavy atom. The standard InChI is InChI=1S/C32H24F4N2O6/c1-15-19(5-3-7-21(15)29-37-23-9-17(13-39)25(43-31(33)34)11-27(23)41-29)20-6-4-8-22(16(20)2)30-38-24-10-18(14-40)26(44-32(35)36)12-28(24)42-30/h3-12,31-32,39-40H,13-14H2,1-2H3. The zero-order chi connectivity index (χ0) is 31.1. The van der Waals surface area contributed by atoms with E-state index in [0.717, 1.165) is 22.3 Å². The van der Waals surface area contributed by atoms with E-state index in [4.69, 9.17) is 8.83 Å². The zero-order valence-corrected chi connectivity index (χ0v) is 23.3. The van der Waals surface area contributed by atoms with Crippen LogP contribution in [0.1, 0.15) is 22.3 Å². The molecule has 0 fully saturated rings. The van der Waals surface area contributed by atoms with Crippen LogP contribution in [0.4, 0.5) is 17.6 Å². The summed E-state index contributed by atoms with van der Waals surface area (Å²) in [6.45, 7) is -3.37. The lowest BCUT2D eigenvalue weighted by atomic mass is 9.91. The number of aliphatic hydroxyl groups is 2. The van der Waals surface area contributed by atoms with E-state index in [2.05, 4.69) is 19.4 Å². The highest BCUT2D eigenvalue weighted by Gasteiger charge is 2.21. The number of halogens is 4. The van der Waals surface area contributed by atoms with E-state index in [0.29, 0.717) is 22.2 Å². The summed E-state index contributed by atoms with van der Waals surface area (Å²) >= 11 is 0. The van der Waals surface area contributed by atoms with E-state index in [9.17, 15) is 27.8 Å². The monoisotopic (exact) mass is 608 g/mol. The van der Waals surface area contributed by atoms with Gasteiger partial charge in [-0.15, -0.1) is 0 Å². The molecule has 6 aromatic rings. The van der Waals surface area contributed by atoms with Gasteiger partial charge in [-0.1, -0.05) is 24.3 Å². The third-order valence-electron chi connectivity index (χ3n) is 7.33. The lowest BCUT2D eigenvalue weighted by Crippen LogP contribution is -2.04. The Hall–Kier alpha value is -4.94. The Kier molecular flexibility index (Phi) is 7.70. The molecule has 0 saturated carbocycles. The normalized spacial score (nSPS) is 11.8. The quantitative estimate of drug-likeness (QED) is 0.160. The van der Waals surface area contributed by atoms with Gasteiger partial charge in [0.15, 0.2) is 11.2 Å². The van der Waals surface area contributed by atoms with Crippen LogP contribution in [0.25, 0.3) is 56.2 Å². The summed E-state index contributed by atoms with van der Waals surface area (Å²) in [5.74, 6) is 0.124. The minimum atomic E-state index is -3.07. The molecule has 2 N–H and O–H groups in total. The van der Waals surface area contributed by atoms with Crippen molar-refractivity contribution < 1.29 is 46.1 Å². The summed E-state index contributed by atoms with van der Waals surface area (Å²) in [6, 6.07) is 16.6. The van der Waals surface area contributed by atoms with E-state index in [1.807, 2.05) is 50.2 Å². The molecule has 12 heteroatoms. The smallest absolute Gasteiger partial charge is 0.387 e. The van der Waals surface area contributed by atoms with Gasteiger partial charge in [0, 0.05) is 34.4 Å². The molecule has 226 valence electrons. The van der Waals surface area contributed by atoms with E-state index < -0.39 is 26.4 Å². The summed E-state index contributed by atoms with van der Waals surface area (Å²) in [5, 5.41) is 19.2. The van der Waals surface area contributed by atoms with Gasteiger partial charge in [0.25, 0.3) is 0 Å². The van der Waals surface area contributed by atoms with Crippen molar-refractivity contribution in [2.75, 3.05) is 0 Å². The van der Waals surface area contributed by atoms with Gasteiger partial charge in [-0.25, -0.2) is 9.97 Å². The molecule has 0 aliphatic heterocycles. The molecule has 0 atom stereocenters. The largest absolute Gasteiger partial charge is 0.436 e. The number of aromatic nitrogens is 2. The Bertz CT molecular complexity index is 1860. The Morgan fingerprint density at radius 2 is 1.02 bits per heavy atom. The first-order chi connectivity index (χ1) is 21.2. The lowest BCUT2D eigenvalue weighted by molar-refractivity contribution is -0.0515. The van der Waals surface area contributed by atoms with Crippen molar-refractivity contribution in [2.24, 2.45) is 0 Å². The molecule has 2 heterocycles. The van der Waals surface area contributed by atoms with Gasteiger partial charge in [-0.05, 0) is 60.4 Å². The summed E-state index contributed by atoms with van der Waals surface area (Å²) < 4.78 is 72.5. The second-order valence-electron chi connectivity index (χ2n) is 9.92. The fourth-order valence-electron chi connectivity index (χ4n) is 5.20. The molecule has 0 saturated heterocycles. The average Bonchev–Trinajstić information content (AvgIpc) is 3.59. The third kappa shape index (κ3) is 5.33. The van der Waals surface area contributed by atoms with Crippen LogP contribution in [0, 0.1) is 13.8 Å². The molecule has 0 amide bonds. The molecule has 4 aromatic carbocycles. The molecule has 0 unspecified atom stereocenters. The molecule has 6 rings (SSSR count). The number of hydrogen-bond donors (Lipinski definition) is 2. The van der Waals surface area contributed by atoms with Crippen molar-refractivity contribution in [1.82, 2.24) is 9.97 Å². The van der Waals surface area contributed by atoms with Crippen LogP contribution in [0.2, 0.25) is 0 Å². The van der Waals surface area contributed by atoms with Crippen LogP contribution < -0.4 is 9.47 Å². The van der Waals surface area contributed by atoms with Gasteiger partial charge in [0.1, 0.15) is 22.5 Å². The van der Waals surface area contributed by atoms with Crippen molar-refractivity contribution in [3.63, 3.8) is 0 Å². The predicted octanol–water partition coefficient (Wildman–Crippen LogP) is 7.77. The third-order valence-corrected chi connectivity index (χ3v) is 7.33. The number of alkyl halides is 4. The second kappa shape index (κ2) is 11.6. The molecule has 0 bridgehead atoms. The molecule has 0 aliphatic carbocycles. The second-order valence-corrected chi connectivity index (χ2v) is 9.92. The van der Waals surface area contributed by atoms with Gasteiger partial charge in [-0.2, -0.15) is 17.6 Å². The molecule has 0 aliphatic rings. The maximum atomic E-state index is 12.9. The van der Waals surface area contributed by atoms with Crippen molar-refractivity contribution >= 4 is 22.2 Å². The lowest BCUT2D eigenvalue weighted by Gasteiger charge is -2.14. The summed E-state index contributed by atoms with van der Waals surface area (Å²) in [7, 11) is 0. The van der Waals surface area contributed by atoms with Crippen LogP contribution in [0.15, 0.2) is 69.5 Å². The van der Waals surface area contributed by atoms with Crippen LogP contribution in [0.3, 0.4) is 0 Å². The van der Waals surface area contributed by atoms with E-state index >= 15 is 0 Å². The molecule has 0 radical (unpaired) electrons. The molecular weight excluding hydrogens is 584 g/mol. The first-order valence-electron chi connectivity index (χ1n) is 13.4. The van der Waals surface area contributed by atoms with Crippen LogP contribution >= 0.6 is 0 Å². The highest BCUT2D eigenvalue weighted by molar-refractivity contribution is 5.85. The summed E-state index contributed by atoms with van der Waals surface area (Å²) in [5.41, 5.74) is 6.17. The molecule has 0 spiro atoms. The van der Waals surface area contributed by atoms with E-state index in [1.54, 1.807) is 0 Å². The molecule has 2 aromatic heterocycles. The topological polar surface area (TPSA) is 111 Å². The Morgan fingerprint density at radius 1 is 0.636 bits per heavy atom. The first-order valence-corrected chi connectivity index (χ1v) is 13.4. The van der Waals surface area contributed by atoms with Gasteiger partial charge < -0.3 is 28.5 Å². The SMILES string of the molecule is Cc1c(-c2nc3cc(CO)c(OC(F)F)cc3o2)cccc1-c1cccc(-c2nc3cc(CO)c(OC(F)F)cc3o2)c1C. The number of hydrogen-bond acceptors (Lipinski definition) is 8. The van der Waals surface area contributed by atoms with Gasteiger partial charge in [0.05, 0.1) is 13.2 Å². The molecule has 44 heavy (non-hydrogen) atoms. The minimum absolute atomic E-state index is 0.153. The van der Waals surface area contributed by atoms with Gasteiger partial charge >= 0.3 is 13.2 Å². The summed E-state index contributed by atoms with van der Waals surface area (Å²) in [4.78, 5) is 9.08. The average molecular weight is 609 g/mol. The zero-order valence-electron chi connectivity index (χ0n) is 23.3. The maximum absolute atomic E-state index is 12.9. The van der Waals surface area contributed by atoms with E-state index in [1.165, 1.54) is 24.3 Å².